The topological polar surface area (TPSA) is 12.0 Å². The number of hydrogen-bond acceptors (Lipinski definition) is 1. The molecule has 0 fully saturated rings. The Balaban J connectivity index is 2.00. The molecular formula is C19H23N. The zero-order valence-corrected chi connectivity index (χ0v) is 12.7. The molecule has 20 heavy (non-hydrogen) atoms. The fourth-order valence-electron chi connectivity index (χ4n) is 3.41. The minimum Gasteiger partial charge on any atom is -0.385 e. The van der Waals surface area contributed by atoms with Crippen molar-refractivity contribution < 1.29 is 0 Å². The van der Waals surface area contributed by atoms with Gasteiger partial charge in [0, 0.05) is 18.7 Å². The van der Waals surface area contributed by atoms with Gasteiger partial charge in [0.1, 0.15) is 0 Å². The van der Waals surface area contributed by atoms with E-state index in [4.69, 9.17) is 0 Å². The number of hydrogen-bond donors (Lipinski definition) is 1. The molecule has 1 nitrogen and oxygen atoms in total. The number of nitrogens with one attached hydrogen (secondary N) is 1. The smallest absolute Gasteiger partial charge is 0.0408 e. The Bertz CT molecular complexity index is 617. The van der Waals surface area contributed by atoms with Crippen LogP contribution in [0.15, 0.2) is 30.3 Å². The van der Waals surface area contributed by atoms with Crippen LogP contribution in [0.4, 0.5) is 5.69 Å². The number of aryl methyl sites for hydroxylation is 4. The third-order valence-electron chi connectivity index (χ3n) is 4.37. The summed E-state index contributed by atoms with van der Waals surface area (Å²) in [5.74, 6) is 0. The number of anilines is 1. The molecule has 2 aromatic rings. The molecule has 0 spiro atoms. The van der Waals surface area contributed by atoms with Gasteiger partial charge in [0.05, 0.1) is 0 Å². The first-order valence-electron chi connectivity index (χ1n) is 7.56. The van der Waals surface area contributed by atoms with Gasteiger partial charge in [-0.15, -0.1) is 0 Å². The Hall–Kier alpha value is -1.76. The lowest BCUT2D eigenvalue weighted by Crippen LogP contribution is -2.14. The molecule has 0 aromatic heterocycles. The molecule has 0 unspecified atom stereocenters. The van der Waals surface area contributed by atoms with Crippen molar-refractivity contribution in [3.8, 4) is 0 Å². The molecule has 1 heteroatoms. The number of fused-ring (bicyclic) bond motifs is 1. The van der Waals surface area contributed by atoms with Gasteiger partial charge in [-0.1, -0.05) is 35.9 Å². The molecule has 2 aromatic carbocycles. The second-order valence-corrected chi connectivity index (χ2v) is 6.04. The standard InChI is InChI=1S/C19H23N/c1-13-10-14(2)18(15(3)11-13)12-17-7-4-6-16-8-5-9-20-19(16)17/h4,6-7,10-11,20H,5,8-9,12H2,1-3H3. The maximum atomic E-state index is 3.60. The van der Waals surface area contributed by atoms with Crippen molar-refractivity contribution in [2.75, 3.05) is 11.9 Å². The Morgan fingerprint density at radius 3 is 2.55 bits per heavy atom. The molecule has 1 N–H and O–H groups in total. The highest BCUT2D eigenvalue weighted by atomic mass is 14.9. The lowest BCUT2D eigenvalue weighted by atomic mass is 9.91. The maximum Gasteiger partial charge on any atom is 0.0408 e. The molecule has 3 rings (SSSR count). The molecule has 0 bridgehead atoms. The van der Waals surface area contributed by atoms with Crippen molar-refractivity contribution in [2.45, 2.75) is 40.0 Å². The number of rotatable bonds is 2. The summed E-state index contributed by atoms with van der Waals surface area (Å²) in [5, 5.41) is 3.60. The van der Waals surface area contributed by atoms with Crippen molar-refractivity contribution in [3.63, 3.8) is 0 Å². The summed E-state index contributed by atoms with van der Waals surface area (Å²) in [7, 11) is 0. The van der Waals surface area contributed by atoms with E-state index < -0.39 is 0 Å². The van der Waals surface area contributed by atoms with Gasteiger partial charge in [-0.3, -0.25) is 0 Å². The molecule has 0 saturated carbocycles. The van der Waals surface area contributed by atoms with Crippen LogP contribution in [-0.4, -0.2) is 6.54 Å². The summed E-state index contributed by atoms with van der Waals surface area (Å²) < 4.78 is 0. The molecule has 0 aliphatic carbocycles. The van der Waals surface area contributed by atoms with E-state index in [9.17, 15) is 0 Å². The molecule has 1 aliphatic rings. The van der Waals surface area contributed by atoms with E-state index in [1.165, 1.54) is 51.9 Å². The monoisotopic (exact) mass is 265 g/mol. The van der Waals surface area contributed by atoms with Gasteiger partial charge in [-0.05, 0) is 61.4 Å². The van der Waals surface area contributed by atoms with Crippen LogP contribution in [0.1, 0.15) is 39.8 Å². The Kier molecular flexibility index (Phi) is 3.52. The Morgan fingerprint density at radius 1 is 1.05 bits per heavy atom. The average Bonchev–Trinajstić information content (AvgIpc) is 2.43. The quantitative estimate of drug-likeness (QED) is 0.839. The zero-order valence-electron chi connectivity index (χ0n) is 12.7. The highest BCUT2D eigenvalue weighted by Gasteiger charge is 2.14. The van der Waals surface area contributed by atoms with Gasteiger partial charge in [0.25, 0.3) is 0 Å². The lowest BCUT2D eigenvalue weighted by Gasteiger charge is -2.22. The van der Waals surface area contributed by atoms with Gasteiger partial charge in [0.15, 0.2) is 0 Å². The SMILES string of the molecule is Cc1cc(C)c(Cc2cccc3c2NCCC3)c(C)c1. The summed E-state index contributed by atoms with van der Waals surface area (Å²) in [6, 6.07) is 11.3. The average molecular weight is 265 g/mol. The van der Waals surface area contributed by atoms with E-state index >= 15 is 0 Å². The lowest BCUT2D eigenvalue weighted by molar-refractivity contribution is 0.825. The van der Waals surface area contributed by atoms with Crippen molar-refractivity contribution in [1.29, 1.82) is 0 Å². The first-order chi connectivity index (χ1) is 9.65. The van der Waals surface area contributed by atoms with E-state index in [1.807, 2.05) is 0 Å². The minimum atomic E-state index is 1.04. The van der Waals surface area contributed by atoms with Crippen LogP contribution in [0.25, 0.3) is 0 Å². The van der Waals surface area contributed by atoms with Crippen molar-refractivity contribution in [3.05, 3.63) is 63.7 Å². The fraction of sp³-hybridized carbons (Fsp3) is 0.368. The van der Waals surface area contributed by atoms with Crippen molar-refractivity contribution >= 4 is 5.69 Å². The molecule has 104 valence electrons. The Morgan fingerprint density at radius 2 is 1.80 bits per heavy atom. The van der Waals surface area contributed by atoms with Crippen LogP contribution in [0, 0.1) is 20.8 Å². The highest BCUT2D eigenvalue weighted by molar-refractivity contribution is 5.61. The highest BCUT2D eigenvalue weighted by Crippen LogP contribution is 2.29. The second-order valence-electron chi connectivity index (χ2n) is 6.04. The van der Waals surface area contributed by atoms with E-state index in [1.54, 1.807) is 0 Å². The van der Waals surface area contributed by atoms with Crippen LogP contribution in [0.3, 0.4) is 0 Å². The minimum absolute atomic E-state index is 1.04. The van der Waals surface area contributed by atoms with Crippen LogP contribution in [0.2, 0.25) is 0 Å². The molecule has 1 heterocycles. The molecule has 0 amide bonds. The van der Waals surface area contributed by atoms with Crippen LogP contribution < -0.4 is 5.32 Å². The first kappa shape index (κ1) is 13.2. The van der Waals surface area contributed by atoms with Gasteiger partial charge < -0.3 is 5.32 Å². The fourth-order valence-corrected chi connectivity index (χ4v) is 3.41. The molecular weight excluding hydrogens is 242 g/mol. The molecule has 0 radical (unpaired) electrons. The van der Waals surface area contributed by atoms with E-state index in [2.05, 4.69) is 56.4 Å². The van der Waals surface area contributed by atoms with E-state index in [-0.39, 0.29) is 0 Å². The van der Waals surface area contributed by atoms with Crippen molar-refractivity contribution in [2.24, 2.45) is 0 Å². The van der Waals surface area contributed by atoms with Gasteiger partial charge in [-0.25, -0.2) is 0 Å². The third kappa shape index (κ3) is 2.45. The predicted molar refractivity (Wildman–Crippen MR) is 86.7 cm³/mol. The van der Waals surface area contributed by atoms with Crippen molar-refractivity contribution in [1.82, 2.24) is 0 Å². The molecule has 0 saturated heterocycles. The van der Waals surface area contributed by atoms with Gasteiger partial charge in [-0.2, -0.15) is 0 Å². The Labute approximate surface area is 122 Å². The molecule has 0 atom stereocenters. The third-order valence-corrected chi connectivity index (χ3v) is 4.37. The number of benzene rings is 2. The zero-order chi connectivity index (χ0) is 14.1. The molecule has 1 aliphatic heterocycles. The largest absolute Gasteiger partial charge is 0.385 e. The maximum absolute atomic E-state index is 3.60. The number of para-hydroxylation sites is 1. The summed E-state index contributed by atoms with van der Waals surface area (Å²) in [5.41, 5.74) is 9.98. The predicted octanol–water partition coefficient (Wildman–Crippen LogP) is 4.56. The van der Waals surface area contributed by atoms with Crippen LogP contribution in [-0.2, 0) is 12.8 Å². The van der Waals surface area contributed by atoms with E-state index in [0.29, 0.717) is 0 Å². The van der Waals surface area contributed by atoms with Crippen LogP contribution in [0.5, 0.6) is 0 Å². The first-order valence-corrected chi connectivity index (χ1v) is 7.56. The summed E-state index contributed by atoms with van der Waals surface area (Å²) in [6.07, 6.45) is 3.50. The summed E-state index contributed by atoms with van der Waals surface area (Å²) >= 11 is 0. The van der Waals surface area contributed by atoms with E-state index in [0.717, 1.165) is 13.0 Å². The van der Waals surface area contributed by atoms with Gasteiger partial charge >= 0.3 is 0 Å². The summed E-state index contributed by atoms with van der Waals surface area (Å²) in [6.45, 7) is 7.75. The second kappa shape index (κ2) is 5.32. The summed E-state index contributed by atoms with van der Waals surface area (Å²) in [4.78, 5) is 0. The van der Waals surface area contributed by atoms with Gasteiger partial charge in [0.2, 0.25) is 0 Å². The normalized spacial score (nSPS) is 13.8. The van der Waals surface area contributed by atoms with Crippen LogP contribution >= 0.6 is 0 Å².